The number of fused-ring (bicyclic) bond motifs is 4. The molecule has 0 radical (unpaired) electrons. The van der Waals surface area contributed by atoms with Crippen LogP contribution in [-0.4, -0.2) is 0 Å². The smallest absolute Gasteiger partial charge is 0.0465 e. The molecule has 0 saturated heterocycles. The van der Waals surface area contributed by atoms with Gasteiger partial charge in [-0.25, -0.2) is 0 Å². The SMILES string of the molecule is CC1(C)c2cc(N(c3ccc(-c4ccc5c(c4)CCCC5)cc3)c3ccc(-c4c(-c5ccccc5)cccc4-c4ccccc4)cc3)ccc2-c2c(-c3ccccc3)cccc21. The molecular formula is C61H49N. The summed E-state index contributed by atoms with van der Waals surface area (Å²) in [5, 5.41) is 0. The lowest BCUT2D eigenvalue weighted by Crippen LogP contribution is -2.16. The van der Waals surface area contributed by atoms with Crippen LogP contribution in [0.5, 0.6) is 0 Å². The normalized spacial score (nSPS) is 13.5. The average Bonchev–Trinajstić information content (AvgIpc) is 3.57. The van der Waals surface area contributed by atoms with E-state index in [1.165, 1.54) is 115 Å². The second-order valence-corrected chi connectivity index (χ2v) is 17.5. The molecule has 1 nitrogen and oxygen atoms in total. The molecule has 0 fully saturated rings. The standard InChI is InChI=1S/C61H49N/c1-61(2)57-27-15-26-55(46-21-10-5-11-22-46)60(57)56-39-38-52(41-58(56)61)62(50-34-30-43(31-35-50)49-29-28-42-16-12-13-23-48(42)40-49)51-36-32-47(33-37-51)59-53(44-17-6-3-7-18-44)24-14-25-54(59)45-19-8-4-9-20-45/h3-11,14-15,17-22,24-41H,12-13,16,23H2,1-2H3. The Kier molecular flexibility index (Phi) is 9.54. The first-order valence-corrected chi connectivity index (χ1v) is 22.2. The number of hydrogen-bond donors (Lipinski definition) is 0. The third kappa shape index (κ3) is 6.66. The van der Waals surface area contributed by atoms with Gasteiger partial charge in [-0.15, -0.1) is 0 Å². The van der Waals surface area contributed by atoms with Gasteiger partial charge in [-0.1, -0.05) is 190 Å². The predicted octanol–water partition coefficient (Wildman–Crippen LogP) is 16.7. The number of aryl methyl sites for hydroxylation is 2. The van der Waals surface area contributed by atoms with Crippen molar-refractivity contribution in [2.24, 2.45) is 0 Å². The zero-order chi connectivity index (χ0) is 41.6. The van der Waals surface area contributed by atoms with Gasteiger partial charge in [0, 0.05) is 22.5 Å². The van der Waals surface area contributed by atoms with Crippen LogP contribution in [0.1, 0.15) is 48.9 Å². The van der Waals surface area contributed by atoms with E-state index in [0.29, 0.717) is 0 Å². The first kappa shape index (κ1) is 37.8. The minimum atomic E-state index is -0.174. The van der Waals surface area contributed by atoms with Gasteiger partial charge in [0.05, 0.1) is 0 Å². The summed E-state index contributed by atoms with van der Waals surface area (Å²) < 4.78 is 0. The highest BCUT2D eigenvalue weighted by Crippen LogP contribution is 2.54. The van der Waals surface area contributed by atoms with Gasteiger partial charge in [-0.2, -0.15) is 0 Å². The van der Waals surface area contributed by atoms with E-state index in [-0.39, 0.29) is 5.41 Å². The molecule has 11 rings (SSSR count). The molecule has 298 valence electrons. The van der Waals surface area contributed by atoms with Crippen LogP contribution in [-0.2, 0) is 18.3 Å². The highest BCUT2D eigenvalue weighted by atomic mass is 15.1. The summed E-state index contributed by atoms with van der Waals surface area (Å²) in [4.78, 5) is 2.44. The maximum absolute atomic E-state index is 2.45. The maximum atomic E-state index is 2.45. The molecule has 62 heavy (non-hydrogen) atoms. The van der Waals surface area contributed by atoms with Crippen molar-refractivity contribution in [1.29, 1.82) is 0 Å². The van der Waals surface area contributed by atoms with Crippen molar-refractivity contribution in [2.75, 3.05) is 4.90 Å². The fourth-order valence-electron chi connectivity index (χ4n) is 10.3. The van der Waals surface area contributed by atoms with Gasteiger partial charge in [-0.05, 0) is 151 Å². The van der Waals surface area contributed by atoms with Crippen molar-refractivity contribution in [3.05, 3.63) is 235 Å². The molecule has 0 N–H and O–H groups in total. The molecule has 0 amide bonds. The van der Waals surface area contributed by atoms with Crippen LogP contribution in [0.15, 0.2) is 212 Å². The topological polar surface area (TPSA) is 3.24 Å². The van der Waals surface area contributed by atoms with Gasteiger partial charge in [-0.3, -0.25) is 0 Å². The maximum Gasteiger partial charge on any atom is 0.0465 e. The summed E-state index contributed by atoms with van der Waals surface area (Å²) in [6.07, 6.45) is 4.96. The first-order chi connectivity index (χ1) is 30.5. The van der Waals surface area contributed by atoms with Gasteiger partial charge < -0.3 is 4.90 Å². The van der Waals surface area contributed by atoms with Crippen LogP contribution in [0, 0.1) is 0 Å². The van der Waals surface area contributed by atoms with Crippen molar-refractivity contribution < 1.29 is 0 Å². The van der Waals surface area contributed by atoms with E-state index in [2.05, 4.69) is 231 Å². The quantitative estimate of drug-likeness (QED) is 0.148. The van der Waals surface area contributed by atoms with E-state index in [1.807, 2.05) is 0 Å². The number of nitrogens with zero attached hydrogens (tertiary/aromatic N) is 1. The van der Waals surface area contributed by atoms with Crippen LogP contribution in [0.4, 0.5) is 17.1 Å². The Labute approximate surface area is 366 Å². The fraction of sp³-hybridized carbons (Fsp3) is 0.115. The number of hydrogen-bond acceptors (Lipinski definition) is 1. The van der Waals surface area contributed by atoms with E-state index in [4.69, 9.17) is 0 Å². The Balaban J connectivity index is 1.04. The first-order valence-electron chi connectivity index (χ1n) is 22.2. The summed E-state index contributed by atoms with van der Waals surface area (Å²) >= 11 is 0. The molecule has 9 aromatic rings. The van der Waals surface area contributed by atoms with Crippen molar-refractivity contribution in [3.8, 4) is 66.8 Å². The highest BCUT2D eigenvalue weighted by molar-refractivity contribution is 5.96. The molecule has 0 spiro atoms. The predicted molar refractivity (Wildman–Crippen MR) is 263 cm³/mol. The Morgan fingerprint density at radius 1 is 0.323 bits per heavy atom. The Hall–Kier alpha value is -7.22. The van der Waals surface area contributed by atoms with Crippen molar-refractivity contribution in [1.82, 2.24) is 0 Å². The molecule has 0 aliphatic heterocycles. The van der Waals surface area contributed by atoms with Gasteiger partial charge in [0.2, 0.25) is 0 Å². The average molecular weight is 796 g/mol. The van der Waals surface area contributed by atoms with Crippen LogP contribution in [0.3, 0.4) is 0 Å². The lowest BCUT2D eigenvalue weighted by Gasteiger charge is -2.28. The lowest BCUT2D eigenvalue weighted by atomic mass is 9.81. The van der Waals surface area contributed by atoms with Crippen LogP contribution in [0.25, 0.3) is 66.8 Å². The molecule has 0 heterocycles. The van der Waals surface area contributed by atoms with E-state index >= 15 is 0 Å². The molecule has 9 aromatic carbocycles. The molecule has 0 aromatic heterocycles. The second-order valence-electron chi connectivity index (χ2n) is 17.5. The number of anilines is 3. The highest BCUT2D eigenvalue weighted by Gasteiger charge is 2.37. The minimum absolute atomic E-state index is 0.174. The third-order valence-electron chi connectivity index (χ3n) is 13.5. The zero-order valence-corrected chi connectivity index (χ0v) is 35.5. The molecule has 2 aliphatic carbocycles. The van der Waals surface area contributed by atoms with E-state index < -0.39 is 0 Å². The van der Waals surface area contributed by atoms with E-state index in [9.17, 15) is 0 Å². The van der Waals surface area contributed by atoms with Gasteiger partial charge in [0.25, 0.3) is 0 Å². The zero-order valence-electron chi connectivity index (χ0n) is 35.5. The van der Waals surface area contributed by atoms with E-state index in [1.54, 1.807) is 0 Å². The Bertz CT molecular complexity index is 2990. The fourth-order valence-corrected chi connectivity index (χ4v) is 10.3. The summed E-state index contributed by atoms with van der Waals surface area (Å²) in [5.41, 5.74) is 24.0. The van der Waals surface area contributed by atoms with E-state index in [0.717, 1.165) is 17.1 Å². The monoisotopic (exact) mass is 795 g/mol. The Morgan fingerprint density at radius 2 is 0.806 bits per heavy atom. The third-order valence-corrected chi connectivity index (χ3v) is 13.5. The van der Waals surface area contributed by atoms with Crippen LogP contribution < -0.4 is 4.90 Å². The molecule has 0 atom stereocenters. The van der Waals surface area contributed by atoms with Gasteiger partial charge in [0.1, 0.15) is 0 Å². The van der Waals surface area contributed by atoms with Gasteiger partial charge in [0.15, 0.2) is 0 Å². The summed E-state index contributed by atoms with van der Waals surface area (Å²) in [6.45, 7) is 4.77. The van der Waals surface area contributed by atoms with Gasteiger partial charge >= 0.3 is 0 Å². The Morgan fingerprint density at radius 3 is 1.39 bits per heavy atom. The minimum Gasteiger partial charge on any atom is -0.310 e. The van der Waals surface area contributed by atoms with Crippen molar-refractivity contribution >= 4 is 17.1 Å². The number of benzene rings is 9. The molecule has 1 heteroatoms. The molecule has 2 aliphatic rings. The van der Waals surface area contributed by atoms with Crippen LogP contribution in [0.2, 0.25) is 0 Å². The molecule has 0 unspecified atom stereocenters. The summed E-state index contributed by atoms with van der Waals surface area (Å²) in [5.74, 6) is 0. The number of rotatable bonds is 8. The summed E-state index contributed by atoms with van der Waals surface area (Å²) in [7, 11) is 0. The molecule has 0 saturated carbocycles. The largest absolute Gasteiger partial charge is 0.310 e. The summed E-state index contributed by atoms with van der Waals surface area (Å²) in [6, 6.07) is 78.7. The lowest BCUT2D eigenvalue weighted by molar-refractivity contribution is 0.660. The molecular weight excluding hydrogens is 747 g/mol. The van der Waals surface area contributed by atoms with Crippen LogP contribution >= 0.6 is 0 Å². The molecule has 0 bridgehead atoms. The second kappa shape index (κ2) is 15.7. The van der Waals surface area contributed by atoms with Crippen molar-refractivity contribution in [2.45, 2.75) is 44.9 Å². The van der Waals surface area contributed by atoms with Crippen molar-refractivity contribution in [3.63, 3.8) is 0 Å².